The molecule has 6 heteroatoms. The maximum absolute atomic E-state index is 11.4. The number of halogens is 1. The summed E-state index contributed by atoms with van der Waals surface area (Å²) in [7, 11) is 0. The lowest BCUT2D eigenvalue weighted by Gasteiger charge is -2.10. The third kappa shape index (κ3) is 1.67. The third-order valence-corrected chi connectivity index (χ3v) is 2.99. The van der Waals surface area contributed by atoms with Crippen molar-refractivity contribution in [3.63, 3.8) is 0 Å². The van der Waals surface area contributed by atoms with Gasteiger partial charge in [-0.15, -0.1) is 0 Å². The molecule has 4 nitrogen and oxygen atoms in total. The average molecular weight is 218 g/mol. The van der Waals surface area contributed by atoms with E-state index in [4.69, 9.17) is 17.3 Å². The number of carbonyl (C=O) groups is 1. The highest BCUT2D eigenvalue weighted by molar-refractivity contribution is 7.19. The largest absolute Gasteiger partial charge is 0.326 e. The van der Waals surface area contributed by atoms with Crippen LogP contribution in [-0.4, -0.2) is 23.5 Å². The molecule has 1 amide bonds. The van der Waals surface area contributed by atoms with E-state index in [9.17, 15) is 4.79 Å². The Kier molecular flexibility index (Phi) is 2.23. The van der Waals surface area contributed by atoms with Gasteiger partial charge in [0.1, 0.15) is 4.34 Å². The zero-order chi connectivity index (χ0) is 9.42. The predicted molar refractivity (Wildman–Crippen MR) is 52.1 cm³/mol. The number of nitrogens with zero attached hydrogens (tertiary/aromatic N) is 2. The molecule has 1 aliphatic heterocycles. The van der Waals surface area contributed by atoms with Gasteiger partial charge in [0.05, 0.1) is 6.20 Å². The quantitative estimate of drug-likeness (QED) is 0.759. The summed E-state index contributed by atoms with van der Waals surface area (Å²) in [5.74, 6) is 0.0264. The van der Waals surface area contributed by atoms with Crippen molar-refractivity contribution in [3.05, 3.63) is 10.5 Å². The van der Waals surface area contributed by atoms with Crippen LogP contribution in [0.5, 0.6) is 0 Å². The van der Waals surface area contributed by atoms with Gasteiger partial charge in [-0.25, -0.2) is 4.98 Å². The van der Waals surface area contributed by atoms with Crippen molar-refractivity contribution in [1.29, 1.82) is 0 Å². The molecule has 0 radical (unpaired) electrons. The summed E-state index contributed by atoms with van der Waals surface area (Å²) >= 11 is 7.00. The first-order valence-electron chi connectivity index (χ1n) is 3.84. The van der Waals surface area contributed by atoms with Crippen LogP contribution in [0, 0.1) is 0 Å². The molecule has 1 aromatic heterocycles. The van der Waals surface area contributed by atoms with E-state index in [1.165, 1.54) is 11.3 Å². The number of rotatable bonds is 1. The van der Waals surface area contributed by atoms with Gasteiger partial charge in [0.15, 0.2) is 5.13 Å². The van der Waals surface area contributed by atoms with Gasteiger partial charge in [0, 0.05) is 19.0 Å². The Bertz CT molecular complexity index is 340. The molecule has 0 saturated carbocycles. The SMILES string of the molecule is NC1CC(=O)N(c2ncc(Cl)s2)C1. The van der Waals surface area contributed by atoms with E-state index < -0.39 is 0 Å². The summed E-state index contributed by atoms with van der Waals surface area (Å²) in [5, 5.41) is 0.642. The third-order valence-electron chi connectivity index (χ3n) is 1.85. The number of nitrogens with two attached hydrogens (primary N) is 1. The first kappa shape index (κ1) is 8.93. The standard InChI is InChI=1S/C7H8ClN3OS/c8-5-2-10-7(13-5)11-3-4(9)1-6(11)12/h2,4H,1,3,9H2. The van der Waals surface area contributed by atoms with Crippen LogP contribution in [0.15, 0.2) is 6.20 Å². The van der Waals surface area contributed by atoms with Crippen molar-refractivity contribution in [2.75, 3.05) is 11.4 Å². The van der Waals surface area contributed by atoms with Crippen LogP contribution < -0.4 is 10.6 Å². The van der Waals surface area contributed by atoms with E-state index in [2.05, 4.69) is 4.98 Å². The van der Waals surface area contributed by atoms with Gasteiger partial charge < -0.3 is 5.73 Å². The highest BCUT2D eigenvalue weighted by Gasteiger charge is 2.29. The van der Waals surface area contributed by atoms with Crippen LogP contribution in [0.3, 0.4) is 0 Å². The van der Waals surface area contributed by atoms with Gasteiger partial charge >= 0.3 is 0 Å². The Morgan fingerprint density at radius 1 is 1.77 bits per heavy atom. The second-order valence-electron chi connectivity index (χ2n) is 2.92. The molecule has 0 spiro atoms. The van der Waals surface area contributed by atoms with E-state index >= 15 is 0 Å². The molecule has 1 unspecified atom stereocenters. The Morgan fingerprint density at radius 3 is 3.00 bits per heavy atom. The maximum Gasteiger partial charge on any atom is 0.230 e. The van der Waals surface area contributed by atoms with Crippen molar-refractivity contribution in [2.24, 2.45) is 5.73 Å². The minimum Gasteiger partial charge on any atom is -0.326 e. The summed E-state index contributed by atoms with van der Waals surface area (Å²) in [6.07, 6.45) is 1.94. The van der Waals surface area contributed by atoms with Gasteiger partial charge in [0.2, 0.25) is 5.91 Å². The molecule has 2 N–H and O–H groups in total. The van der Waals surface area contributed by atoms with Gasteiger partial charge in [-0.2, -0.15) is 0 Å². The summed E-state index contributed by atoms with van der Waals surface area (Å²) in [6.45, 7) is 0.544. The molecule has 0 bridgehead atoms. The van der Waals surface area contributed by atoms with Gasteiger partial charge in [-0.05, 0) is 0 Å². The molecule has 2 heterocycles. The number of thiazole rings is 1. The van der Waals surface area contributed by atoms with Crippen molar-refractivity contribution >= 4 is 34.0 Å². The van der Waals surface area contributed by atoms with Crippen LogP contribution in [-0.2, 0) is 4.79 Å². The fourth-order valence-electron chi connectivity index (χ4n) is 1.29. The molecule has 70 valence electrons. The number of aromatic nitrogens is 1. The monoisotopic (exact) mass is 217 g/mol. The lowest BCUT2D eigenvalue weighted by Crippen LogP contribution is -2.27. The van der Waals surface area contributed by atoms with E-state index in [1.54, 1.807) is 11.1 Å². The molecule has 1 atom stereocenters. The second kappa shape index (κ2) is 3.25. The smallest absolute Gasteiger partial charge is 0.230 e. The summed E-state index contributed by atoms with van der Waals surface area (Å²) in [4.78, 5) is 17.0. The summed E-state index contributed by atoms with van der Waals surface area (Å²) in [6, 6.07) is -0.0739. The van der Waals surface area contributed by atoms with Crippen LogP contribution in [0.2, 0.25) is 4.34 Å². The lowest BCUT2D eigenvalue weighted by molar-refractivity contribution is -0.117. The van der Waals surface area contributed by atoms with E-state index in [1.807, 2.05) is 0 Å². The number of amides is 1. The Labute approximate surface area is 84.3 Å². The maximum atomic E-state index is 11.4. The second-order valence-corrected chi connectivity index (χ2v) is 4.56. The Balaban J connectivity index is 2.22. The van der Waals surface area contributed by atoms with Crippen LogP contribution in [0.25, 0.3) is 0 Å². The predicted octanol–water partition coefficient (Wildman–Crippen LogP) is 0.860. The van der Waals surface area contributed by atoms with Crippen molar-refractivity contribution in [2.45, 2.75) is 12.5 Å². The minimum atomic E-state index is -0.0739. The molecule has 1 aromatic rings. The molecule has 1 aliphatic rings. The average Bonchev–Trinajstić information content (AvgIpc) is 2.58. The molecule has 1 saturated heterocycles. The zero-order valence-corrected chi connectivity index (χ0v) is 8.31. The fourth-order valence-corrected chi connectivity index (χ4v) is 2.22. The molecule has 13 heavy (non-hydrogen) atoms. The molecule has 2 rings (SSSR count). The Morgan fingerprint density at radius 2 is 2.54 bits per heavy atom. The molecule has 1 fully saturated rings. The summed E-state index contributed by atoms with van der Waals surface area (Å²) < 4.78 is 0.586. The first-order chi connectivity index (χ1) is 6.16. The summed E-state index contributed by atoms with van der Waals surface area (Å²) in [5.41, 5.74) is 5.64. The van der Waals surface area contributed by atoms with Crippen molar-refractivity contribution in [3.8, 4) is 0 Å². The lowest BCUT2D eigenvalue weighted by atomic mass is 10.3. The number of carbonyl (C=O) groups excluding carboxylic acids is 1. The highest BCUT2D eigenvalue weighted by atomic mass is 35.5. The van der Waals surface area contributed by atoms with Crippen LogP contribution in [0.4, 0.5) is 5.13 Å². The van der Waals surface area contributed by atoms with Crippen LogP contribution >= 0.6 is 22.9 Å². The fraction of sp³-hybridized carbons (Fsp3) is 0.429. The van der Waals surface area contributed by atoms with Crippen molar-refractivity contribution in [1.82, 2.24) is 4.98 Å². The zero-order valence-electron chi connectivity index (χ0n) is 6.74. The van der Waals surface area contributed by atoms with E-state index in [0.717, 1.165) is 0 Å². The van der Waals surface area contributed by atoms with Crippen LogP contribution in [0.1, 0.15) is 6.42 Å². The number of anilines is 1. The van der Waals surface area contributed by atoms with Gasteiger partial charge in [-0.1, -0.05) is 22.9 Å². The topological polar surface area (TPSA) is 59.2 Å². The number of hydrogen-bond acceptors (Lipinski definition) is 4. The molecule has 0 aromatic carbocycles. The highest BCUT2D eigenvalue weighted by Crippen LogP contribution is 2.28. The van der Waals surface area contributed by atoms with Crippen molar-refractivity contribution < 1.29 is 4.79 Å². The van der Waals surface area contributed by atoms with Gasteiger partial charge in [0.25, 0.3) is 0 Å². The molecular formula is C7H8ClN3OS. The molecular weight excluding hydrogens is 210 g/mol. The van der Waals surface area contributed by atoms with E-state index in [0.29, 0.717) is 22.4 Å². The Hall–Kier alpha value is -0.650. The normalized spacial score (nSPS) is 22.8. The molecule has 0 aliphatic carbocycles. The first-order valence-corrected chi connectivity index (χ1v) is 5.03. The van der Waals surface area contributed by atoms with E-state index in [-0.39, 0.29) is 11.9 Å². The number of hydrogen-bond donors (Lipinski definition) is 1. The minimum absolute atomic E-state index is 0.0264. The van der Waals surface area contributed by atoms with Gasteiger partial charge in [-0.3, -0.25) is 9.69 Å².